The summed E-state index contributed by atoms with van der Waals surface area (Å²) < 4.78 is 26.8. The Kier molecular flexibility index (Phi) is 9.79. The van der Waals surface area contributed by atoms with Crippen molar-refractivity contribution < 1.29 is 28.8 Å². The molecule has 0 aromatic heterocycles. The third-order valence-corrected chi connectivity index (χ3v) is 5.59. The molecule has 2 N–H and O–H groups in total. The van der Waals surface area contributed by atoms with Gasteiger partial charge in [0.15, 0.2) is 6.29 Å². The molecule has 0 radical (unpaired) electrons. The number of nitrogens with one attached hydrogen (secondary N) is 1. The van der Waals surface area contributed by atoms with E-state index in [9.17, 15) is 5.11 Å². The van der Waals surface area contributed by atoms with Gasteiger partial charge in [-0.15, -0.1) is 0 Å². The van der Waals surface area contributed by atoms with Crippen molar-refractivity contribution in [3.05, 3.63) is 71.8 Å². The zero-order valence-electron chi connectivity index (χ0n) is 17.9. The molecule has 1 fully saturated rings. The van der Waals surface area contributed by atoms with E-state index in [0.717, 1.165) is 11.1 Å². The van der Waals surface area contributed by atoms with Crippen molar-refractivity contribution >= 4 is 40.7 Å². The first-order chi connectivity index (χ1) is 15.8. The minimum absolute atomic E-state index is 0.238. The van der Waals surface area contributed by atoms with E-state index in [0.29, 0.717) is 0 Å². The van der Waals surface area contributed by atoms with Gasteiger partial charge in [0.25, 0.3) is 3.79 Å². The molecule has 0 spiro atoms. The molecule has 2 aromatic carbocycles. The van der Waals surface area contributed by atoms with Gasteiger partial charge in [-0.25, -0.2) is 0 Å². The second-order valence-electron chi connectivity index (χ2n) is 7.43. The molecule has 180 valence electrons. The lowest BCUT2D eigenvalue weighted by atomic mass is 9.98. The molecule has 10 heteroatoms. The highest BCUT2D eigenvalue weighted by Gasteiger charge is 2.48. The summed E-state index contributed by atoms with van der Waals surface area (Å²) in [4.78, 5) is 0. The van der Waals surface area contributed by atoms with Crippen molar-refractivity contribution in [2.24, 2.45) is 0 Å². The van der Waals surface area contributed by atoms with Crippen LogP contribution in [0, 0.1) is 5.41 Å². The van der Waals surface area contributed by atoms with Gasteiger partial charge in [-0.05, 0) is 11.1 Å². The Balaban J connectivity index is 1.75. The number of aliphatic hydroxyl groups excluding tert-OH is 1. The Morgan fingerprint density at radius 3 is 1.94 bits per heavy atom. The normalized spacial score (nSPS) is 25.5. The van der Waals surface area contributed by atoms with Gasteiger partial charge in [-0.3, -0.25) is 5.41 Å². The predicted octanol–water partition coefficient (Wildman–Crippen LogP) is 4.25. The first-order valence-corrected chi connectivity index (χ1v) is 11.4. The van der Waals surface area contributed by atoms with E-state index < -0.39 is 40.4 Å². The minimum Gasteiger partial charge on any atom is -0.475 e. The summed E-state index contributed by atoms with van der Waals surface area (Å²) in [5, 5.41) is 18.8. The van der Waals surface area contributed by atoms with Gasteiger partial charge in [0, 0.05) is 7.11 Å². The van der Waals surface area contributed by atoms with Crippen molar-refractivity contribution in [2.75, 3.05) is 13.7 Å². The maximum absolute atomic E-state index is 11.1. The van der Waals surface area contributed by atoms with Crippen LogP contribution in [0.3, 0.4) is 0 Å². The van der Waals surface area contributed by atoms with Crippen molar-refractivity contribution in [3.8, 4) is 0 Å². The number of ether oxygens (including phenoxy) is 5. The quantitative estimate of drug-likeness (QED) is 0.293. The van der Waals surface area contributed by atoms with E-state index in [-0.39, 0.29) is 19.8 Å². The van der Waals surface area contributed by atoms with Crippen molar-refractivity contribution in [1.82, 2.24) is 0 Å². The molecule has 0 bridgehead atoms. The number of alkyl halides is 3. The Hall–Kier alpha value is -1.42. The fourth-order valence-corrected chi connectivity index (χ4v) is 3.53. The van der Waals surface area contributed by atoms with E-state index in [4.69, 9.17) is 63.9 Å². The molecule has 5 atom stereocenters. The maximum atomic E-state index is 11.1. The number of rotatable bonds is 9. The Labute approximate surface area is 207 Å². The van der Waals surface area contributed by atoms with Crippen LogP contribution in [0.5, 0.6) is 0 Å². The zero-order chi connectivity index (χ0) is 23.8. The van der Waals surface area contributed by atoms with Crippen molar-refractivity contribution in [3.63, 3.8) is 0 Å². The van der Waals surface area contributed by atoms with Gasteiger partial charge in [-0.2, -0.15) is 0 Å². The van der Waals surface area contributed by atoms with Crippen LogP contribution in [0.1, 0.15) is 11.1 Å². The van der Waals surface area contributed by atoms with Crippen LogP contribution in [0.25, 0.3) is 0 Å². The van der Waals surface area contributed by atoms with Crippen LogP contribution in [-0.2, 0) is 36.9 Å². The number of hydrogen-bond donors (Lipinski definition) is 2. The lowest BCUT2D eigenvalue weighted by Crippen LogP contribution is -2.61. The molecule has 3 rings (SSSR count). The fraction of sp³-hybridized carbons (Fsp3) is 0.435. The van der Waals surface area contributed by atoms with Crippen LogP contribution in [0.15, 0.2) is 60.7 Å². The van der Waals surface area contributed by atoms with E-state index in [1.54, 1.807) is 0 Å². The van der Waals surface area contributed by atoms with Gasteiger partial charge in [0.2, 0.25) is 5.90 Å². The zero-order valence-corrected chi connectivity index (χ0v) is 20.2. The Morgan fingerprint density at radius 1 is 0.939 bits per heavy atom. The summed E-state index contributed by atoms with van der Waals surface area (Å²) in [6.07, 6.45) is -4.50. The lowest BCUT2D eigenvalue weighted by molar-refractivity contribution is -0.313. The van der Waals surface area contributed by atoms with E-state index >= 15 is 0 Å². The van der Waals surface area contributed by atoms with Crippen LogP contribution < -0.4 is 0 Å². The highest BCUT2D eigenvalue weighted by atomic mass is 35.6. The molecule has 0 amide bonds. The molecule has 2 aromatic rings. The molecule has 0 saturated carbocycles. The summed E-state index contributed by atoms with van der Waals surface area (Å²) in [5.74, 6) is -0.582. The highest BCUT2D eigenvalue weighted by Crippen LogP contribution is 2.31. The summed E-state index contributed by atoms with van der Waals surface area (Å²) in [7, 11) is 1.47. The highest BCUT2D eigenvalue weighted by molar-refractivity contribution is 6.76. The molecule has 33 heavy (non-hydrogen) atoms. The van der Waals surface area contributed by atoms with Gasteiger partial charge >= 0.3 is 0 Å². The van der Waals surface area contributed by atoms with Crippen LogP contribution in [0.2, 0.25) is 0 Å². The summed E-state index contributed by atoms with van der Waals surface area (Å²) in [6, 6.07) is 19.2. The molecule has 1 aliphatic heterocycles. The minimum atomic E-state index is -2.02. The Morgan fingerprint density at radius 2 is 1.45 bits per heavy atom. The summed E-state index contributed by atoms with van der Waals surface area (Å²) in [6.45, 7) is 0.262. The molecule has 0 aliphatic carbocycles. The standard InChI is InChI=1S/C23H26Cl3NO6/c1-29-21-20(31-13-16-10-6-3-7-11-16)19(30-12-15-8-4-2-5-9-15)18(28)17(33-21)14-32-22(27)23(24,25)26/h2-11,17-21,27-28H,12-14H2,1H3/t17-,18-,19+,20-,21+/m1/s1. The van der Waals surface area contributed by atoms with E-state index in [2.05, 4.69) is 0 Å². The number of aliphatic hydroxyl groups is 1. The predicted molar refractivity (Wildman–Crippen MR) is 126 cm³/mol. The topological polar surface area (TPSA) is 90.2 Å². The maximum Gasteiger partial charge on any atom is 0.265 e. The van der Waals surface area contributed by atoms with Gasteiger partial charge < -0.3 is 28.8 Å². The van der Waals surface area contributed by atoms with Crippen molar-refractivity contribution in [1.29, 1.82) is 5.41 Å². The second-order valence-corrected chi connectivity index (χ2v) is 9.71. The molecule has 0 unspecified atom stereocenters. The largest absolute Gasteiger partial charge is 0.475 e. The fourth-order valence-electron chi connectivity index (χ4n) is 3.37. The van der Waals surface area contributed by atoms with Gasteiger partial charge in [0.1, 0.15) is 31.0 Å². The first-order valence-electron chi connectivity index (χ1n) is 10.3. The summed E-state index contributed by atoms with van der Waals surface area (Å²) >= 11 is 17.0. The lowest BCUT2D eigenvalue weighted by Gasteiger charge is -2.43. The van der Waals surface area contributed by atoms with E-state index in [1.807, 2.05) is 60.7 Å². The SMILES string of the molecule is CO[C@H]1O[C@H](COC(=N)C(Cl)(Cl)Cl)[C@@H](O)[C@H](OCc2ccccc2)[C@H]1OCc1ccccc1. The van der Waals surface area contributed by atoms with Crippen LogP contribution >= 0.6 is 34.8 Å². The van der Waals surface area contributed by atoms with E-state index in [1.165, 1.54) is 7.11 Å². The Bertz CT molecular complexity index is 868. The third kappa shape index (κ3) is 7.53. The second kappa shape index (κ2) is 12.3. The number of benzene rings is 2. The summed E-state index contributed by atoms with van der Waals surface area (Å²) in [5.41, 5.74) is 1.88. The number of hydrogen-bond acceptors (Lipinski definition) is 7. The molecular formula is C23H26Cl3NO6. The molecule has 1 aliphatic rings. The van der Waals surface area contributed by atoms with Gasteiger partial charge in [-0.1, -0.05) is 95.5 Å². The van der Waals surface area contributed by atoms with Crippen molar-refractivity contribution in [2.45, 2.75) is 47.7 Å². The first kappa shape index (κ1) is 26.2. The number of methoxy groups -OCH3 is 1. The number of halogens is 3. The molecule has 1 saturated heterocycles. The molecular weight excluding hydrogens is 493 g/mol. The van der Waals surface area contributed by atoms with Crippen LogP contribution in [0.4, 0.5) is 0 Å². The average molecular weight is 519 g/mol. The molecule has 7 nitrogen and oxygen atoms in total. The molecule has 1 heterocycles. The average Bonchev–Trinajstić information content (AvgIpc) is 2.81. The third-order valence-electron chi connectivity index (χ3n) is 5.07. The van der Waals surface area contributed by atoms with Gasteiger partial charge in [0.05, 0.1) is 13.2 Å². The van der Waals surface area contributed by atoms with Crippen LogP contribution in [-0.4, -0.2) is 59.2 Å². The smallest absolute Gasteiger partial charge is 0.265 e. The monoisotopic (exact) mass is 517 g/mol.